The molecule has 0 aliphatic rings. The summed E-state index contributed by atoms with van der Waals surface area (Å²) in [5.41, 5.74) is 8.10. The van der Waals surface area contributed by atoms with E-state index in [4.69, 9.17) is 5.73 Å². The zero-order chi connectivity index (χ0) is 12.0. The van der Waals surface area contributed by atoms with Gasteiger partial charge in [0.05, 0.1) is 11.4 Å². The van der Waals surface area contributed by atoms with Gasteiger partial charge in [0.1, 0.15) is 0 Å². The van der Waals surface area contributed by atoms with Crippen molar-refractivity contribution in [1.82, 2.24) is 5.32 Å². The van der Waals surface area contributed by atoms with E-state index in [2.05, 4.69) is 17.6 Å². The van der Waals surface area contributed by atoms with Crippen LogP contribution in [0.5, 0.6) is 0 Å². The number of aryl methyl sites for hydroxylation is 1. The Morgan fingerprint density at radius 2 is 2.19 bits per heavy atom. The first kappa shape index (κ1) is 12.4. The zero-order valence-electron chi connectivity index (χ0n) is 9.84. The molecule has 2 amide bonds. The Bertz CT molecular complexity index is 363. The summed E-state index contributed by atoms with van der Waals surface area (Å²) < 4.78 is 0. The molecule has 88 valence electrons. The fraction of sp³-hybridized carbons (Fsp3) is 0.417. The van der Waals surface area contributed by atoms with E-state index in [1.54, 1.807) is 0 Å². The number of anilines is 2. The van der Waals surface area contributed by atoms with E-state index in [0.717, 1.165) is 18.4 Å². The van der Waals surface area contributed by atoms with Gasteiger partial charge in [-0.05, 0) is 31.0 Å². The Labute approximate surface area is 96.2 Å². The number of hydrogen-bond donors (Lipinski definition) is 3. The quantitative estimate of drug-likeness (QED) is 0.540. The number of urea groups is 1. The van der Waals surface area contributed by atoms with Crippen LogP contribution in [0, 0.1) is 6.92 Å². The minimum Gasteiger partial charge on any atom is -0.397 e. The molecule has 0 unspecified atom stereocenters. The highest BCUT2D eigenvalue weighted by molar-refractivity contribution is 5.92. The fourth-order valence-corrected chi connectivity index (χ4v) is 1.34. The Balaban J connectivity index is 2.49. The number of carbonyl (C=O) groups is 1. The van der Waals surface area contributed by atoms with E-state index in [1.807, 2.05) is 25.1 Å². The van der Waals surface area contributed by atoms with E-state index < -0.39 is 0 Å². The molecule has 0 aliphatic carbocycles. The van der Waals surface area contributed by atoms with Crippen molar-refractivity contribution in [3.05, 3.63) is 23.8 Å². The molecule has 16 heavy (non-hydrogen) atoms. The largest absolute Gasteiger partial charge is 0.397 e. The number of nitrogens with two attached hydrogens (primary N) is 1. The minimum atomic E-state index is -0.205. The van der Waals surface area contributed by atoms with Gasteiger partial charge >= 0.3 is 6.03 Å². The number of nitrogen functional groups attached to an aromatic ring is 1. The first-order valence-electron chi connectivity index (χ1n) is 5.54. The van der Waals surface area contributed by atoms with Crippen LogP contribution in [-0.4, -0.2) is 12.6 Å². The fourth-order valence-electron chi connectivity index (χ4n) is 1.34. The second-order valence-corrected chi connectivity index (χ2v) is 3.83. The van der Waals surface area contributed by atoms with Gasteiger partial charge in [-0.2, -0.15) is 0 Å². The predicted octanol–water partition coefficient (Wildman–Crippen LogP) is 2.50. The lowest BCUT2D eigenvalue weighted by molar-refractivity contribution is 0.252. The molecule has 0 spiro atoms. The van der Waals surface area contributed by atoms with Gasteiger partial charge in [-0.3, -0.25) is 0 Å². The summed E-state index contributed by atoms with van der Waals surface area (Å²) >= 11 is 0. The maximum absolute atomic E-state index is 11.4. The number of unbranched alkanes of at least 4 members (excludes halogenated alkanes) is 1. The van der Waals surface area contributed by atoms with Crippen molar-refractivity contribution < 1.29 is 4.79 Å². The number of rotatable bonds is 4. The van der Waals surface area contributed by atoms with Gasteiger partial charge in [0.25, 0.3) is 0 Å². The van der Waals surface area contributed by atoms with Gasteiger partial charge in [0.2, 0.25) is 0 Å². The molecule has 4 heteroatoms. The first-order valence-corrected chi connectivity index (χ1v) is 5.54. The third-order valence-electron chi connectivity index (χ3n) is 2.27. The lowest BCUT2D eigenvalue weighted by Crippen LogP contribution is -2.29. The third-order valence-corrected chi connectivity index (χ3v) is 2.27. The molecule has 0 saturated carbocycles. The SMILES string of the molecule is CCCCNC(=O)Nc1ccc(C)cc1N. The van der Waals surface area contributed by atoms with E-state index in [-0.39, 0.29) is 6.03 Å². The van der Waals surface area contributed by atoms with Gasteiger partial charge in [0, 0.05) is 6.54 Å². The average Bonchev–Trinajstić information content (AvgIpc) is 2.23. The molecule has 4 nitrogen and oxygen atoms in total. The summed E-state index contributed by atoms with van der Waals surface area (Å²) in [5, 5.41) is 5.49. The molecule has 1 aromatic rings. The molecule has 0 atom stereocenters. The summed E-state index contributed by atoms with van der Waals surface area (Å²) in [4.78, 5) is 11.4. The minimum absolute atomic E-state index is 0.205. The van der Waals surface area contributed by atoms with Gasteiger partial charge in [-0.1, -0.05) is 19.4 Å². The van der Waals surface area contributed by atoms with Crippen LogP contribution in [0.4, 0.5) is 16.2 Å². The van der Waals surface area contributed by atoms with Crippen molar-refractivity contribution in [2.75, 3.05) is 17.6 Å². The van der Waals surface area contributed by atoms with Crippen molar-refractivity contribution >= 4 is 17.4 Å². The molecule has 0 aromatic heterocycles. The lowest BCUT2D eigenvalue weighted by Gasteiger charge is -2.09. The molecule has 1 aromatic carbocycles. The van der Waals surface area contributed by atoms with Crippen LogP contribution >= 0.6 is 0 Å². The van der Waals surface area contributed by atoms with Crippen molar-refractivity contribution in [1.29, 1.82) is 0 Å². The van der Waals surface area contributed by atoms with Crippen molar-refractivity contribution in [2.45, 2.75) is 26.7 Å². The monoisotopic (exact) mass is 221 g/mol. The maximum atomic E-state index is 11.4. The molecule has 0 saturated heterocycles. The Kier molecular flexibility index (Phi) is 4.64. The highest BCUT2D eigenvalue weighted by atomic mass is 16.2. The number of benzene rings is 1. The molecule has 4 N–H and O–H groups in total. The molecular weight excluding hydrogens is 202 g/mol. The summed E-state index contributed by atoms with van der Waals surface area (Å²) in [6.45, 7) is 4.73. The zero-order valence-corrected chi connectivity index (χ0v) is 9.84. The maximum Gasteiger partial charge on any atom is 0.319 e. The lowest BCUT2D eigenvalue weighted by atomic mass is 10.2. The second-order valence-electron chi connectivity index (χ2n) is 3.83. The van der Waals surface area contributed by atoms with E-state index in [1.165, 1.54) is 0 Å². The van der Waals surface area contributed by atoms with E-state index in [0.29, 0.717) is 17.9 Å². The van der Waals surface area contributed by atoms with Crippen LogP contribution in [-0.2, 0) is 0 Å². The number of amides is 2. The van der Waals surface area contributed by atoms with Gasteiger partial charge in [-0.25, -0.2) is 4.79 Å². The van der Waals surface area contributed by atoms with Crippen LogP contribution in [0.25, 0.3) is 0 Å². The smallest absolute Gasteiger partial charge is 0.319 e. The van der Waals surface area contributed by atoms with E-state index >= 15 is 0 Å². The Hall–Kier alpha value is -1.71. The molecule has 0 fully saturated rings. The first-order chi connectivity index (χ1) is 7.63. The average molecular weight is 221 g/mol. The highest BCUT2D eigenvalue weighted by Gasteiger charge is 2.03. The van der Waals surface area contributed by atoms with Crippen LogP contribution in [0.3, 0.4) is 0 Å². The second kappa shape index (κ2) is 6.00. The van der Waals surface area contributed by atoms with Gasteiger partial charge < -0.3 is 16.4 Å². The number of hydrogen-bond acceptors (Lipinski definition) is 2. The summed E-state index contributed by atoms with van der Waals surface area (Å²) in [6, 6.07) is 5.35. The topological polar surface area (TPSA) is 67.2 Å². The van der Waals surface area contributed by atoms with Crippen LogP contribution < -0.4 is 16.4 Å². The van der Waals surface area contributed by atoms with Crippen molar-refractivity contribution in [3.63, 3.8) is 0 Å². The van der Waals surface area contributed by atoms with Gasteiger partial charge in [-0.15, -0.1) is 0 Å². The molecule has 1 rings (SSSR count). The summed E-state index contributed by atoms with van der Waals surface area (Å²) in [6.07, 6.45) is 2.05. The molecular formula is C12H19N3O. The van der Waals surface area contributed by atoms with E-state index in [9.17, 15) is 4.79 Å². The molecule has 0 heterocycles. The van der Waals surface area contributed by atoms with Crippen molar-refractivity contribution in [2.24, 2.45) is 0 Å². The van der Waals surface area contributed by atoms with Crippen LogP contribution in [0.2, 0.25) is 0 Å². The normalized spacial score (nSPS) is 9.88. The standard InChI is InChI=1S/C12H19N3O/c1-3-4-7-14-12(16)15-11-6-5-9(2)8-10(11)13/h5-6,8H,3-4,7,13H2,1-2H3,(H2,14,15,16). The molecule has 0 bridgehead atoms. The molecule has 0 aliphatic heterocycles. The molecule has 0 radical (unpaired) electrons. The van der Waals surface area contributed by atoms with Crippen molar-refractivity contribution in [3.8, 4) is 0 Å². The predicted molar refractivity (Wildman–Crippen MR) is 67.5 cm³/mol. The Morgan fingerprint density at radius 3 is 2.81 bits per heavy atom. The summed E-state index contributed by atoms with van der Waals surface area (Å²) in [7, 11) is 0. The van der Waals surface area contributed by atoms with Gasteiger partial charge in [0.15, 0.2) is 0 Å². The third kappa shape index (κ3) is 3.81. The van der Waals surface area contributed by atoms with Crippen LogP contribution in [0.15, 0.2) is 18.2 Å². The number of carbonyl (C=O) groups excluding carboxylic acids is 1. The highest BCUT2D eigenvalue weighted by Crippen LogP contribution is 2.18. The number of nitrogens with one attached hydrogen (secondary N) is 2. The van der Waals surface area contributed by atoms with Crippen LogP contribution in [0.1, 0.15) is 25.3 Å². The Morgan fingerprint density at radius 1 is 1.44 bits per heavy atom. The summed E-state index contributed by atoms with van der Waals surface area (Å²) in [5.74, 6) is 0.